The Hall–Kier alpha value is -7.08. The summed E-state index contributed by atoms with van der Waals surface area (Å²) in [5, 5.41) is 44.0. The van der Waals surface area contributed by atoms with Gasteiger partial charge in [0.2, 0.25) is 23.8 Å². The van der Waals surface area contributed by atoms with Crippen molar-refractivity contribution in [2.75, 3.05) is 73.0 Å². The lowest BCUT2D eigenvalue weighted by Gasteiger charge is -2.21. The van der Waals surface area contributed by atoms with Gasteiger partial charge in [0.15, 0.2) is 0 Å². The number of nitrogens with one attached hydrogen (secondary N) is 2. The van der Waals surface area contributed by atoms with Crippen LogP contribution in [-0.4, -0.2) is 155 Å². The number of aliphatic hydroxyl groups excluding tert-OH is 4. The summed E-state index contributed by atoms with van der Waals surface area (Å²) in [5.41, 5.74) is -0.478. The first-order valence-electron chi connectivity index (χ1n) is 20.4. The van der Waals surface area contributed by atoms with E-state index in [0.717, 1.165) is 48.6 Å². The zero-order chi connectivity index (χ0) is 52.4. The lowest BCUT2D eigenvalue weighted by atomic mass is 10.1. The summed E-state index contributed by atoms with van der Waals surface area (Å²) < 4.78 is 148. The summed E-state index contributed by atoms with van der Waals surface area (Å²) in [4.78, 5) is 25.7. The first kappa shape index (κ1) is 54.3. The van der Waals surface area contributed by atoms with Gasteiger partial charge in [-0.05, 0) is 83.9 Å². The monoisotopic (exact) mass is 1080 g/mol. The highest BCUT2D eigenvalue weighted by atomic mass is 32.2. The van der Waals surface area contributed by atoms with Crippen LogP contribution in [0.1, 0.15) is 11.1 Å². The minimum atomic E-state index is -5.05. The average Bonchev–Trinajstić information content (AvgIpc) is 3.30. The standard InChI is InChI=1S/C40H42N10O18S4/c51-19-15-49(16-20-52)37-43-35(45-39(47-37)67-29-7-11-31(12-8-29)69(55,56)57)41-27-5-3-25(33(23-27)71(61,62)63)1-2-26-4-6-28(24-34(26)72(64,65)66)42-36-44-38(50(17-21-53)18-22-54)48-40(46-36)68-30-9-13-32(14-10-30)70(58,59)60/h1-14,23-24,51-54H,15-22H2,(H,55,56,57)(H,58,59,60)(H,61,62,63)(H,64,65,66)(H,41,43,45,47)(H,42,44,46,48)/b2-1+. The fourth-order valence-electron chi connectivity index (χ4n) is 6.24. The van der Waals surface area contributed by atoms with E-state index in [1.165, 1.54) is 58.3 Å². The van der Waals surface area contributed by atoms with Crippen molar-refractivity contribution in [3.05, 3.63) is 96.1 Å². The number of hydrogen-bond acceptors (Lipinski definition) is 24. The van der Waals surface area contributed by atoms with Crippen molar-refractivity contribution in [1.29, 1.82) is 0 Å². The van der Waals surface area contributed by atoms with Crippen molar-refractivity contribution in [2.45, 2.75) is 19.6 Å². The van der Waals surface area contributed by atoms with E-state index in [9.17, 15) is 72.3 Å². The normalized spacial score (nSPS) is 12.2. The zero-order valence-electron chi connectivity index (χ0n) is 36.8. The summed E-state index contributed by atoms with van der Waals surface area (Å²) >= 11 is 0. The number of aliphatic hydroxyl groups is 4. The topological polar surface area (TPSA) is 425 Å². The third kappa shape index (κ3) is 14.7. The van der Waals surface area contributed by atoms with Crippen LogP contribution >= 0.6 is 0 Å². The van der Waals surface area contributed by atoms with Gasteiger partial charge in [-0.15, -0.1) is 0 Å². The number of anilines is 6. The SMILES string of the molecule is O=S(=O)(O)c1ccc(Oc2nc(Nc3ccc(/C=C/c4ccc(Nc5nc(Oc6ccc(S(=O)(=O)O)cc6)nc(N(CCO)CCO)n5)cc4S(=O)(=O)O)c(S(=O)(=O)O)c3)nc(N(CCO)CCO)n2)cc1. The Morgan fingerprint density at radius 3 is 1.07 bits per heavy atom. The van der Waals surface area contributed by atoms with Crippen molar-refractivity contribution in [1.82, 2.24) is 29.9 Å². The fourth-order valence-corrected chi connectivity index (χ4v) is 8.62. The van der Waals surface area contributed by atoms with E-state index in [2.05, 4.69) is 40.5 Å². The molecule has 2 heterocycles. The molecule has 0 fully saturated rings. The van der Waals surface area contributed by atoms with Crippen LogP contribution in [0.2, 0.25) is 0 Å². The average molecular weight is 1080 g/mol. The molecule has 0 spiro atoms. The number of nitrogens with zero attached hydrogens (tertiary/aromatic N) is 8. The summed E-state index contributed by atoms with van der Waals surface area (Å²) in [5.74, 6) is -0.873. The van der Waals surface area contributed by atoms with E-state index in [0.29, 0.717) is 0 Å². The third-order valence-corrected chi connectivity index (χ3v) is 13.0. The molecule has 0 bridgehead atoms. The van der Waals surface area contributed by atoms with Gasteiger partial charge in [0, 0.05) is 37.6 Å². The first-order valence-corrected chi connectivity index (χ1v) is 26.1. The van der Waals surface area contributed by atoms with E-state index in [4.69, 9.17) is 9.47 Å². The quantitative estimate of drug-likeness (QED) is 0.0305. The van der Waals surface area contributed by atoms with Crippen LogP contribution in [0.15, 0.2) is 105 Å². The van der Waals surface area contributed by atoms with Crippen molar-refractivity contribution >= 4 is 87.8 Å². The largest absolute Gasteiger partial charge is 0.424 e. The number of aromatic nitrogens is 6. The molecular formula is C40H42N10O18S4. The number of ether oxygens (including phenoxy) is 2. The Labute approximate surface area is 410 Å². The van der Waals surface area contributed by atoms with Crippen LogP contribution in [0.25, 0.3) is 12.2 Å². The predicted molar refractivity (Wildman–Crippen MR) is 253 cm³/mol. The molecule has 0 radical (unpaired) electrons. The summed E-state index contributed by atoms with van der Waals surface area (Å²) in [6, 6.07) is 15.1. The van der Waals surface area contributed by atoms with Crippen LogP contribution in [0.5, 0.6) is 23.5 Å². The van der Waals surface area contributed by atoms with E-state index in [-0.39, 0.29) is 84.0 Å². The van der Waals surface area contributed by atoms with Gasteiger partial charge in [0.05, 0.1) is 36.2 Å². The Kier molecular flexibility index (Phi) is 17.3. The maximum absolute atomic E-state index is 12.8. The molecule has 0 unspecified atom stereocenters. The molecule has 10 N–H and O–H groups in total. The van der Waals surface area contributed by atoms with Crippen molar-refractivity contribution in [3.63, 3.8) is 0 Å². The van der Waals surface area contributed by atoms with Crippen molar-refractivity contribution < 1.29 is 81.8 Å². The lowest BCUT2D eigenvalue weighted by molar-refractivity contribution is 0.279. The summed E-state index contributed by atoms with van der Waals surface area (Å²) in [6.07, 6.45) is 2.24. The van der Waals surface area contributed by atoms with Gasteiger partial charge in [-0.1, -0.05) is 24.3 Å². The number of benzene rings is 4. The molecule has 0 atom stereocenters. The van der Waals surface area contributed by atoms with Crippen molar-refractivity contribution in [2.24, 2.45) is 0 Å². The maximum atomic E-state index is 12.8. The van der Waals surface area contributed by atoms with Gasteiger partial charge in [-0.25, -0.2) is 0 Å². The molecule has 0 amide bonds. The van der Waals surface area contributed by atoms with E-state index < -0.39 is 98.5 Å². The molecular weight excluding hydrogens is 1040 g/mol. The van der Waals surface area contributed by atoms with Crippen LogP contribution < -0.4 is 29.9 Å². The van der Waals surface area contributed by atoms with E-state index in [1.54, 1.807) is 0 Å². The molecule has 72 heavy (non-hydrogen) atoms. The first-order chi connectivity index (χ1) is 34.0. The Morgan fingerprint density at radius 1 is 0.444 bits per heavy atom. The highest BCUT2D eigenvalue weighted by Gasteiger charge is 2.22. The highest BCUT2D eigenvalue weighted by molar-refractivity contribution is 7.86. The minimum absolute atomic E-state index is 0.0000188. The molecule has 6 rings (SSSR count). The van der Waals surface area contributed by atoms with Crippen LogP contribution in [-0.2, 0) is 40.5 Å². The van der Waals surface area contributed by atoms with Crippen LogP contribution in [0, 0.1) is 0 Å². The van der Waals surface area contributed by atoms with Gasteiger partial charge < -0.3 is 50.3 Å². The molecule has 0 aliphatic carbocycles. The summed E-state index contributed by atoms with van der Waals surface area (Å²) in [7, 11) is -19.2. The highest BCUT2D eigenvalue weighted by Crippen LogP contribution is 2.31. The minimum Gasteiger partial charge on any atom is -0.424 e. The van der Waals surface area contributed by atoms with Crippen molar-refractivity contribution in [3.8, 4) is 23.5 Å². The second kappa shape index (κ2) is 23.0. The molecule has 2 aromatic heterocycles. The second-order valence-corrected chi connectivity index (χ2v) is 20.1. The maximum Gasteiger partial charge on any atom is 0.328 e. The van der Waals surface area contributed by atoms with Gasteiger partial charge in [0.1, 0.15) is 21.3 Å². The van der Waals surface area contributed by atoms with Crippen LogP contribution in [0.3, 0.4) is 0 Å². The Balaban J connectivity index is 1.31. The molecule has 0 saturated carbocycles. The Bertz CT molecular complexity index is 3160. The molecule has 0 aliphatic heterocycles. The predicted octanol–water partition coefficient (Wildman–Crippen LogP) is 1.87. The molecule has 28 nitrogen and oxygen atoms in total. The fraction of sp³-hybridized carbons (Fsp3) is 0.200. The number of rotatable bonds is 24. The Morgan fingerprint density at radius 2 is 0.778 bits per heavy atom. The molecule has 32 heteroatoms. The molecule has 6 aromatic rings. The zero-order valence-corrected chi connectivity index (χ0v) is 40.0. The molecule has 0 saturated heterocycles. The molecule has 384 valence electrons. The molecule has 4 aromatic carbocycles. The van der Waals surface area contributed by atoms with Crippen LogP contribution in [0.4, 0.5) is 35.2 Å². The van der Waals surface area contributed by atoms with Gasteiger partial charge in [-0.2, -0.15) is 63.6 Å². The smallest absolute Gasteiger partial charge is 0.328 e. The summed E-state index contributed by atoms with van der Waals surface area (Å²) in [6.45, 7) is -1.90. The van der Waals surface area contributed by atoms with E-state index in [1.807, 2.05) is 0 Å². The second-order valence-electron chi connectivity index (χ2n) is 14.5. The third-order valence-electron chi connectivity index (χ3n) is 9.45. The van der Waals surface area contributed by atoms with Gasteiger partial charge >= 0.3 is 12.0 Å². The van der Waals surface area contributed by atoms with Gasteiger partial charge in [0.25, 0.3) is 40.5 Å². The van der Waals surface area contributed by atoms with E-state index >= 15 is 0 Å². The molecule has 0 aliphatic rings. The lowest BCUT2D eigenvalue weighted by Crippen LogP contribution is -2.31. The van der Waals surface area contributed by atoms with Gasteiger partial charge in [-0.3, -0.25) is 18.2 Å². The number of hydrogen-bond donors (Lipinski definition) is 10.